The average Bonchev–Trinajstić information content (AvgIpc) is 3.64. The van der Waals surface area contributed by atoms with Crippen molar-refractivity contribution in [1.82, 2.24) is 14.9 Å². The van der Waals surface area contributed by atoms with Gasteiger partial charge in [-0.15, -0.1) is 0 Å². The number of hydrogen-bond acceptors (Lipinski definition) is 10. The molecule has 1 unspecified atom stereocenters. The predicted octanol–water partition coefficient (Wildman–Crippen LogP) is 5.14. The second kappa shape index (κ2) is 20.7. The van der Waals surface area contributed by atoms with Gasteiger partial charge in [0, 0.05) is 64.6 Å². The topological polar surface area (TPSA) is 131 Å². The molecule has 1 fully saturated rings. The number of carbonyl (C=O) groups excluding carboxylic acids is 3. The number of likely N-dealkylation sites (tertiary alicyclic amines) is 1. The Bertz CT molecular complexity index is 1380. The van der Waals surface area contributed by atoms with E-state index in [1.54, 1.807) is 23.2 Å². The third kappa shape index (κ3) is 12.0. The molecule has 3 aromatic rings. The van der Waals surface area contributed by atoms with Crippen LogP contribution in [0.4, 0.5) is 27.9 Å². The van der Waals surface area contributed by atoms with Crippen LogP contribution in [0.25, 0.3) is 0 Å². The van der Waals surface area contributed by atoms with E-state index in [1.807, 2.05) is 81.1 Å². The number of hydrogen-bond donors (Lipinski definition) is 2. The first-order valence-electron chi connectivity index (χ1n) is 15.7. The third-order valence-corrected chi connectivity index (χ3v) is 7.57. The number of ether oxygens (including phenoxy) is 1. The van der Waals surface area contributed by atoms with Gasteiger partial charge in [0.25, 0.3) is 0 Å². The predicted molar refractivity (Wildman–Crippen MR) is 189 cm³/mol. The number of aliphatic hydroxyl groups is 1. The number of aliphatic hydroxyl groups excluding tert-OH is 1. The highest BCUT2D eigenvalue weighted by Crippen LogP contribution is 2.26. The molecule has 256 valence electrons. The van der Waals surface area contributed by atoms with Gasteiger partial charge in [-0.05, 0) is 75.9 Å². The van der Waals surface area contributed by atoms with E-state index in [1.165, 1.54) is 4.90 Å². The highest BCUT2D eigenvalue weighted by Gasteiger charge is 2.21. The van der Waals surface area contributed by atoms with Crippen LogP contribution >= 0.6 is 11.6 Å². The van der Waals surface area contributed by atoms with Crippen LogP contribution in [-0.4, -0.2) is 98.7 Å². The van der Waals surface area contributed by atoms with Gasteiger partial charge in [0.05, 0.1) is 12.2 Å². The first-order valence-corrected chi connectivity index (χ1v) is 16.1. The summed E-state index contributed by atoms with van der Waals surface area (Å²) in [6.45, 7) is 9.23. The molecule has 0 saturated carbocycles. The zero-order valence-electron chi connectivity index (χ0n) is 28.2. The number of amides is 2. The second-order valence-electron chi connectivity index (χ2n) is 10.6. The maximum atomic E-state index is 12.2. The molecule has 12 nitrogen and oxygen atoms in total. The van der Waals surface area contributed by atoms with Crippen LogP contribution in [0.15, 0.2) is 54.7 Å². The fraction of sp³-hybridized carbons (Fsp3) is 0.441. The zero-order chi connectivity index (χ0) is 34.8. The second-order valence-corrected chi connectivity index (χ2v) is 11.1. The highest BCUT2D eigenvalue weighted by atomic mass is 35.5. The Kier molecular flexibility index (Phi) is 17.0. The number of carbonyl (C=O) groups is 3. The van der Waals surface area contributed by atoms with Crippen molar-refractivity contribution in [3.63, 3.8) is 0 Å². The summed E-state index contributed by atoms with van der Waals surface area (Å²) in [6.07, 6.45) is 5.20. The van der Waals surface area contributed by atoms with E-state index in [4.69, 9.17) is 21.4 Å². The fourth-order valence-corrected chi connectivity index (χ4v) is 4.90. The zero-order valence-corrected chi connectivity index (χ0v) is 29.0. The largest absolute Gasteiger partial charge is 0.415 e. The quantitative estimate of drug-likeness (QED) is 0.236. The van der Waals surface area contributed by atoms with Gasteiger partial charge in [-0.1, -0.05) is 29.8 Å². The summed E-state index contributed by atoms with van der Waals surface area (Å²) in [5.74, 6) is 1.41. The van der Waals surface area contributed by atoms with Crippen molar-refractivity contribution in [2.45, 2.75) is 46.1 Å². The molecule has 0 spiro atoms. The van der Waals surface area contributed by atoms with Gasteiger partial charge in [0.15, 0.2) is 5.82 Å². The van der Waals surface area contributed by atoms with Crippen molar-refractivity contribution in [2.24, 2.45) is 0 Å². The lowest BCUT2D eigenvalue weighted by Gasteiger charge is -2.24. The van der Waals surface area contributed by atoms with E-state index in [-0.39, 0.29) is 6.09 Å². The van der Waals surface area contributed by atoms with Crippen molar-refractivity contribution < 1.29 is 24.2 Å². The molecule has 2 heterocycles. The average molecular weight is 670 g/mol. The highest BCUT2D eigenvalue weighted by molar-refractivity contribution is 6.30. The standard InChI is InChI=1S/C25H34N6O4.C8H10ClN.CH4O/c1-4-29(5-2)24-26-16-22(30(6-3)18-33)23(28-24)27-20(17-32)15-19-9-11-21(12-10-19)35-25(34)31-13-7-8-14-31;1-10(2)8-5-3-4-7(9)6-8;1-2/h9-12,16-18,20H,4-8,13-15H2,1-3H3,(H,26,27,28);3-6H,1-2H3;2H,1H3. The Morgan fingerprint density at radius 1 is 1.04 bits per heavy atom. The normalized spacial score (nSPS) is 12.4. The Hall–Kier alpha value is -4.42. The molecule has 0 bridgehead atoms. The summed E-state index contributed by atoms with van der Waals surface area (Å²) in [7, 11) is 4.98. The van der Waals surface area contributed by atoms with Gasteiger partial charge in [-0.25, -0.2) is 9.78 Å². The van der Waals surface area contributed by atoms with Crippen molar-refractivity contribution >= 4 is 53.5 Å². The van der Waals surface area contributed by atoms with Crippen LogP contribution in [0.2, 0.25) is 5.02 Å². The molecule has 1 saturated heterocycles. The summed E-state index contributed by atoms with van der Waals surface area (Å²) < 4.78 is 5.45. The molecule has 0 aliphatic carbocycles. The molecule has 1 atom stereocenters. The molecule has 2 N–H and O–H groups in total. The lowest BCUT2D eigenvalue weighted by Crippen LogP contribution is -2.30. The van der Waals surface area contributed by atoms with Gasteiger partial charge in [-0.3, -0.25) is 4.79 Å². The van der Waals surface area contributed by atoms with E-state index >= 15 is 0 Å². The van der Waals surface area contributed by atoms with E-state index in [2.05, 4.69) is 15.3 Å². The SMILES string of the molecule is CCN(C=O)c1cnc(N(CC)CC)nc1NC(C=O)Cc1ccc(OC(=O)N2CCCC2)cc1.CN(C)c1cccc(Cl)c1.CO. The van der Waals surface area contributed by atoms with Gasteiger partial charge in [0.2, 0.25) is 12.4 Å². The third-order valence-electron chi connectivity index (χ3n) is 7.34. The van der Waals surface area contributed by atoms with Crippen LogP contribution in [0.1, 0.15) is 39.2 Å². The number of aldehydes is 1. The van der Waals surface area contributed by atoms with Gasteiger partial charge >= 0.3 is 6.09 Å². The summed E-state index contributed by atoms with van der Waals surface area (Å²) in [5.41, 5.74) is 2.53. The van der Waals surface area contributed by atoms with E-state index in [9.17, 15) is 14.4 Å². The summed E-state index contributed by atoms with van der Waals surface area (Å²) in [4.78, 5) is 52.0. The van der Waals surface area contributed by atoms with Crippen molar-refractivity contribution in [1.29, 1.82) is 0 Å². The molecule has 13 heteroatoms. The smallest absolute Gasteiger partial charge is 0.410 e. The first-order chi connectivity index (χ1) is 22.7. The van der Waals surface area contributed by atoms with Crippen LogP contribution in [-0.2, 0) is 16.0 Å². The summed E-state index contributed by atoms with van der Waals surface area (Å²) in [6, 6.07) is 14.3. The molecule has 47 heavy (non-hydrogen) atoms. The van der Waals surface area contributed by atoms with Crippen molar-refractivity contribution in [3.8, 4) is 5.75 Å². The lowest BCUT2D eigenvalue weighted by molar-refractivity contribution is -0.108. The van der Waals surface area contributed by atoms with Crippen molar-refractivity contribution in [3.05, 3.63) is 65.3 Å². The fourth-order valence-electron chi connectivity index (χ4n) is 4.72. The maximum absolute atomic E-state index is 12.2. The Balaban J connectivity index is 0.000000540. The van der Waals surface area contributed by atoms with Crippen LogP contribution in [0.5, 0.6) is 5.75 Å². The van der Waals surface area contributed by atoms with E-state index < -0.39 is 6.04 Å². The molecule has 2 aromatic carbocycles. The van der Waals surface area contributed by atoms with E-state index in [0.717, 1.165) is 75.1 Å². The number of nitrogens with one attached hydrogen (secondary N) is 1. The molecule has 0 radical (unpaired) electrons. The minimum atomic E-state index is -0.587. The minimum Gasteiger partial charge on any atom is -0.410 e. The molecule has 1 aliphatic heterocycles. The lowest BCUT2D eigenvalue weighted by atomic mass is 10.1. The molecule has 4 rings (SSSR count). The number of nitrogens with zero attached hydrogens (tertiary/aromatic N) is 6. The van der Waals surface area contributed by atoms with Gasteiger partial charge in [0.1, 0.15) is 17.7 Å². The molecular formula is C34H48ClN7O5. The first kappa shape index (κ1) is 38.8. The molecule has 1 aliphatic rings. The Morgan fingerprint density at radius 3 is 2.21 bits per heavy atom. The van der Waals surface area contributed by atoms with Crippen molar-refractivity contribution in [2.75, 3.05) is 73.9 Å². The Morgan fingerprint density at radius 2 is 1.70 bits per heavy atom. The van der Waals surface area contributed by atoms with E-state index in [0.29, 0.717) is 36.2 Å². The summed E-state index contributed by atoms with van der Waals surface area (Å²) in [5, 5.41) is 11.0. The number of rotatable bonds is 13. The van der Waals surface area contributed by atoms with Gasteiger partial charge < -0.3 is 39.6 Å². The van der Waals surface area contributed by atoms with Gasteiger partial charge in [-0.2, -0.15) is 4.98 Å². The minimum absolute atomic E-state index is 0.335. The number of halogens is 1. The molecular weight excluding hydrogens is 622 g/mol. The number of aromatic nitrogens is 2. The van der Waals surface area contributed by atoms with Crippen LogP contribution < -0.4 is 24.8 Å². The number of anilines is 4. The monoisotopic (exact) mass is 669 g/mol. The molecule has 2 amide bonds. The van der Waals surface area contributed by atoms with Crippen LogP contribution in [0, 0.1) is 0 Å². The molecule has 1 aromatic heterocycles. The number of benzene rings is 2. The maximum Gasteiger partial charge on any atom is 0.415 e. The van der Waals surface area contributed by atoms with Crippen LogP contribution in [0.3, 0.4) is 0 Å². The Labute approximate surface area is 283 Å². The summed E-state index contributed by atoms with van der Waals surface area (Å²) >= 11 is 5.76.